The molecule has 0 spiro atoms. The fourth-order valence-electron chi connectivity index (χ4n) is 3.91. The van der Waals surface area contributed by atoms with E-state index in [4.69, 9.17) is 19.9 Å². The summed E-state index contributed by atoms with van der Waals surface area (Å²) in [6.45, 7) is 2.92. The second-order valence-electron chi connectivity index (χ2n) is 8.53. The van der Waals surface area contributed by atoms with E-state index in [1.807, 2.05) is 13.8 Å². The molecule has 15 nitrogen and oxygen atoms in total. The first-order valence-corrected chi connectivity index (χ1v) is 14.4. The van der Waals surface area contributed by atoms with Gasteiger partial charge in [0.05, 0.1) is 5.92 Å². The molecule has 3 heterocycles. The van der Waals surface area contributed by atoms with Crippen LogP contribution >= 0.6 is 23.1 Å². The van der Waals surface area contributed by atoms with E-state index in [1.165, 1.54) is 41.2 Å². The molecule has 1 aromatic rings. The van der Waals surface area contributed by atoms with Crippen LogP contribution < -0.4 is 16.4 Å². The molecule has 41 heavy (non-hydrogen) atoms. The molecule has 0 bridgehead atoms. The number of thioether (sulfide) groups is 1. The Hall–Kier alpha value is -4.12. The number of nitrogens with one attached hydrogen (secondary N) is 2. The van der Waals surface area contributed by atoms with E-state index in [0.29, 0.717) is 18.4 Å². The van der Waals surface area contributed by atoms with Crippen molar-refractivity contribution in [1.82, 2.24) is 20.5 Å². The Kier molecular flexibility index (Phi) is 11.1. The molecule has 1 unspecified atom stereocenters. The highest BCUT2D eigenvalue weighted by molar-refractivity contribution is 8.00. The van der Waals surface area contributed by atoms with Crippen molar-refractivity contribution in [2.45, 2.75) is 38.1 Å². The van der Waals surface area contributed by atoms with Gasteiger partial charge < -0.3 is 35.8 Å². The van der Waals surface area contributed by atoms with E-state index in [-0.39, 0.29) is 34.8 Å². The number of allylic oxidation sites excluding steroid dienone is 1. The van der Waals surface area contributed by atoms with Crippen molar-refractivity contribution in [2.75, 3.05) is 31.9 Å². The lowest BCUT2D eigenvalue weighted by Crippen LogP contribution is -2.71. The molecule has 0 radical (unpaired) electrons. The number of β-lactam (4-membered cyclic amide) rings is 1. The number of carbonyl (C=O) groups is 5. The van der Waals surface area contributed by atoms with Gasteiger partial charge in [-0.05, 0) is 24.5 Å². The highest BCUT2D eigenvalue weighted by Crippen LogP contribution is 2.41. The zero-order valence-electron chi connectivity index (χ0n) is 22.4. The highest BCUT2D eigenvalue weighted by atomic mass is 32.2. The number of fused-ring (bicyclic) bond motifs is 1. The number of aromatic nitrogens is 1. The molecule has 2 aliphatic heterocycles. The molecular weight excluding hydrogens is 580 g/mol. The van der Waals surface area contributed by atoms with Crippen LogP contribution in [-0.4, -0.2) is 88.3 Å². The third kappa shape index (κ3) is 7.35. The standard InChI is InChI=1S/C24H30N6O9S2/c1-4-12(5-2)21(33)38-11-39-22(34)17-13(7-6-8-37-24(35)26-3)9-40-20-16(19(32)30(17)20)28-18(31)15(29-36)14-10-41-23(25)27-14/h6-7,10,12,16,20,36H,4-5,8-9,11H2,1-3H3,(H2,25,27)(H,26,35)(H,28,31)/b7-6-,29-15-/t16?,20-/m1/s1. The molecule has 5 N–H and O–H groups in total. The number of thiazole rings is 1. The maximum atomic E-state index is 13.2. The molecule has 3 amide bonds. The van der Waals surface area contributed by atoms with E-state index >= 15 is 0 Å². The van der Waals surface area contributed by atoms with Crippen molar-refractivity contribution >= 4 is 63.8 Å². The van der Waals surface area contributed by atoms with Gasteiger partial charge in [-0.15, -0.1) is 23.1 Å². The van der Waals surface area contributed by atoms with Crippen LogP contribution in [-0.2, 0) is 33.4 Å². The van der Waals surface area contributed by atoms with Crippen LogP contribution in [0.2, 0.25) is 0 Å². The number of hydrogen-bond acceptors (Lipinski definition) is 14. The zero-order valence-corrected chi connectivity index (χ0v) is 24.1. The third-order valence-electron chi connectivity index (χ3n) is 6.10. The number of alkyl carbamates (subject to hydrolysis) is 1. The van der Waals surface area contributed by atoms with Gasteiger partial charge in [-0.2, -0.15) is 0 Å². The van der Waals surface area contributed by atoms with E-state index < -0.39 is 53.8 Å². The molecule has 17 heteroatoms. The molecule has 222 valence electrons. The van der Waals surface area contributed by atoms with E-state index in [1.54, 1.807) is 0 Å². The van der Waals surface area contributed by atoms with Crippen LogP contribution in [0, 0.1) is 5.92 Å². The average molecular weight is 611 g/mol. The molecular formula is C24H30N6O9S2. The quantitative estimate of drug-likeness (QED) is 0.0651. The lowest BCUT2D eigenvalue weighted by molar-refractivity contribution is -0.170. The number of anilines is 1. The predicted octanol–water partition coefficient (Wildman–Crippen LogP) is 0.950. The molecule has 0 aromatic carbocycles. The summed E-state index contributed by atoms with van der Waals surface area (Å²) in [5.74, 6) is -3.04. The second-order valence-corrected chi connectivity index (χ2v) is 10.5. The Morgan fingerprint density at radius 2 is 2.00 bits per heavy atom. The molecule has 1 saturated heterocycles. The number of oxime groups is 1. The fourth-order valence-corrected chi connectivity index (χ4v) is 5.78. The molecule has 2 atom stereocenters. The minimum atomic E-state index is -1.06. The lowest BCUT2D eigenvalue weighted by atomic mass is 10.0. The first kappa shape index (κ1) is 31.4. The second kappa shape index (κ2) is 14.5. The summed E-state index contributed by atoms with van der Waals surface area (Å²) >= 11 is 2.29. The number of rotatable bonds is 12. The third-order valence-corrected chi connectivity index (χ3v) is 8.08. The largest absolute Gasteiger partial charge is 0.445 e. The Labute approximate surface area is 243 Å². The number of ether oxygens (including phenoxy) is 3. The van der Waals surface area contributed by atoms with Crippen molar-refractivity contribution in [3.8, 4) is 0 Å². The van der Waals surface area contributed by atoms with Gasteiger partial charge in [0.15, 0.2) is 10.8 Å². The van der Waals surface area contributed by atoms with Gasteiger partial charge in [-0.1, -0.05) is 25.1 Å². The van der Waals surface area contributed by atoms with Crippen LogP contribution in [0.4, 0.5) is 9.93 Å². The van der Waals surface area contributed by atoms with Crippen LogP contribution in [0.1, 0.15) is 32.4 Å². The maximum Gasteiger partial charge on any atom is 0.407 e. The predicted molar refractivity (Wildman–Crippen MR) is 148 cm³/mol. The van der Waals surface area contributed by atoms with E-state index in [9.17, 15) is 29.2 Å². The number of amides is 3. The van der Waals surface area contributed by atoms with E-state index in [0.717, 1.165) is 11.3 Å². The van der Waals surface area contributed by atoms with Gasteiger partial charge in [0.25, 0.3) is 11.8 Å². The summed E-state index contributed by atoms with van der Waals surface area (Å²) in [5, 5.41) is 18.0. The van der Waals surface area contributed by atoms with Crippen LogP contribution in [0.25, 0.3) is 0 Å². The van der Waals surface area contributed by atoms with Crippen LogP contribution in [0.15, 0.2) is 34.0 Å². The summed E-state index contributed by atoms with van der Waals surface area (Å²) in [4.78, 5) is 67.6. The Morgan fingerprint density at radius 1 is 1.27 bits per heavy atom. The van der Waals surface area contributed by atoms with Crippen LogP contribution in [0.5, 0.6) is 0 Å². The molecule has 1 aromatic heterocycles. The highest BCUT2D eigenvalue weighted by Gasteiger charge is 2.54. The van der Waals surface area contributed by atoms with Crippen LogP contribution in [0.3, 0.4) is 0 Å². The summed E-state index contributed by atoms with van der Waals surface area (Å²) in [7, 11) is 1.41. The van der Waals surface area contributed by atoms with E-state index in [2.05, 4.69) is 20.8 Å². The Balaban J connectivity index is 1.76. The van der Waals surface area contributed by atoms with Gasteiger partial charge in [0.1, 0.15) is 29.4 Å². The maximum absolute atomic E-state index is 13.2. The Morgan fingerprint density at radius 3 is 2.61 bits per heavy atom. The zero-order chi connectivity index (χ0) is 30.1. The minimum absolute atomic E-state index is 0.0333. The molecule has 0 aliphatic carbocycles. The summed E-state index contributed by atoms with van der Waals surface area (Å²) in [5.41, 5.74) is 5.47. The number of esters is 2. The topological polar surface area (TPSA) is 212 Å². The first-order chi connectivity index (χ1) is 19.7. The smallest absolute Gasteiger partial charge is 0.407 e. The summed E-state index contributed by atoms with van der Waals surface area (Å²) < 4.78 is 15.2. The van der Waals surface area contributed by atoms with Gasteiger partial charge in [0.2, 0.25) is 6.79 Å². The molecule has 2 aliphatic rings. The van der Waals surface area contributed by atoms with Gasteiger partial charge >= 0.3 is 18.0 Å². The van der Waals surface area contributed by atoms with Crippen molar-refractivity contribution in [2.24, 2.45) is 11.1 Å². The fraction of sp³-hybridized carbons (Fsp3) is 0.458. The number of hydrogen-bond donors (Lipinski definition) is 4. The SMILES string of the molecule is CCC(CC)C(=O)OCOC(=O)C1=C(/C=C\COC(=O)NC)CS[C@@H]2C(NC(=O)/C(=N\O)c3csc(N)n3)C(=O)N12. The van der Waals surface area contributed by atoms with Gasteiger partial charge in [0, 0.05) is 18.2 Å². The monoisotopic (exact) mass is 610 g/mol. The normalized spacial score (nSPS) is 18.6. The Bertz CT molecular complexity index is 1270. The van der Waals surface area contributed by atoms with Crippen molar-refractivity contribution < 1.29 is 43.4 Å². The van der Waals surface area contributed by atoms with Crippen molar-refractivity contribution in [3.05, 3.63) is 34.5 Å². The molecule has 0 saturated carbocycles. The lowest BCUT2D eigenvalue weighted by Gasteiger charge is -2.49. The molecule has 1 fully saturated rings. The summed E-state index contributed by atoms with van der Waals surface area (Å²) in [6.07, 6.45) is 3.48. The number of nitrogen functional groups attached to an aromatic ring is 1. The average Bonchev–Trinajstić information content (AvgIpc) is 3.39. The molecule has 3 rings (SSSR count). The van der Waals surface area contributed by atoms with Gasteiger partial charge in [-0.25, -0.2) is 14.6 Å². The van der Waals surface area contributed by atoms with Gasteiger partial charge in [-0.3, -0.25) is 19.3 Å². The first-order valence-electron chi connectivity index (χ1n) is 12.4. The van der Waals surface area contributed by atoms with Crippen molar-refractivity contribution in [1.29, 1.82) is 0 Å². The van der Waals surface area contributed by atoms with Crippen molar-refractivity contribution in [3.63, 3.8) is 0 Å². The minimum Gasteiger partial charge on any atom is -0.445 e. The number of carbonyl (C=O) groups excluding carboxylic acids is 5. The number of nitrogens with two attached hydrogens (primary N) is 1. The number of nitrogens with zero attached hydrogens (tertiary/aromatic N) is 3. The summed E-state index contributed by atoms with van der Waals surface area (Å²) in [6, 6.07) is -1.06.